The van der Waals surface area contributed by atoms with E-state index in [4.69, 9.17) is 9.15 Å². The van der Waals surface area contributed by atoms with Gasteiger partial charge in [-0.2, -0.15) is 0 Å². The summed E-state index contributed by atoms with van der Waals surface area (Å²) in [7, 11) is 0. The molecule has 1 saturated heterocycles. The third kappa shape index (κ3) is 5.59. The molecule has 0 spiro atoms. The van der Waals surface area contributed by atoms with Crippen molar-refractivity contribution in [1.29, 1.82) is 0 Å². The molecule has 0 bridgehead atoms. The highest BCUT2D eigenvalue weighted by Crippen LogP contribution is 2.19. The zero-order valence-corrected chi connectivity index (χ0v) is 16.7. The SMILES string of the molecule is CC(C)C(=O)N(CC(=O)N(Cc1ccco1)C[C@H]1CCCO1)C(C)(C)C. The number of hydrogen-bond donors (Lipinski definition) is 0. The Bertz CT molecular complexity index is 583. The Morgan fingerprint density at radius 3 is 2.54 bits per heavy atom. The first-order valence-electron chi connectivity index (χ1n) is 9.41. The number of hydrogen-bond acceptors (Lipinski definition) is 4. The molecule has 2 heterocycles. The molecular formula is C20H32N2O4. The van der Waals surface area contributed by atoms with Crippen molar-refractivity contribution in [2.75, 3.05) is 19.7 Å². The summed E-state index contributed by atoms with van der Waals surface area (Å²) < 4.78 is 11.1. The van der Waals surface area contributed by atoms with Gasteiger partial charge in [-0.25, -0.2) is 0 Å². The Hall–Kier alpha value is -1.82. The lowest BCUT2D eigenvalue weighted by Crippen LogP contribution is -2.53. The maximum Gasteiger partial charge on any atom is 0.242 e. The molecule has 0 aromatic carbocycles. The van der Waals surface area contributed by atoms with Gasteiger partial charge in [-0.05, 0) is 45.7 Å². The number of rotatable bonds is 7. The van der Waals surface area contributed by atoms with Gasteiger partial charge in [-0.1, -0.05) is 13.8 Å². The highest BCUT2D eigenvalue weighted by Gasteiger charge is 2.32. The van der Waals surface area contributed by atoms with Crippen molar-refractivity contribution in [3.63, 3.8) is 0 Å². The van der Waals surface area contributed by atoms with Gasteiger partial charge in [0.1, 0.15) is 12.3 Å². The first kappa shape index (κ1) is 20.5. The molecular weight excluding hydrogens is 332 g/mol. The van der Waals surface area contributed by atoms with Crippen molar-refractivity contribution in [3.05, 3.63) is 24.2 Å². The van der Waals surface area contributed by atoms with Gasteiger partial charge in [0.05, 0.1) is 18.9 Å². The molecule has 1 aromatic rings. The van der Waals surface area contributed by atoms with Gasteiger partial charge in [0.25, 0.3) is 0 Å². The second kappa shape index (κ2) is 8.71. The average Bonchev–Trinajstić information content (AvgIpc) is 3.23. The summed E-state index contributed by atoms with van der Waals surface area (Å²) in [6.45, 7) is 11.3. The van der Waals surface area contributed by atoms with Gasteiger partial charge in [0, 0.05) is 24.6 Å². The molecule has 1 aromatic heterocycles. The van der Waals surface area contributed by atoms with E-state index in [0.29, 0.717) is 13.1 Å². The summed E-state index contributed by atoms with van der Waals surface area (Å²) in [5, 5.41) is 0. The predicted molar refractivity (Wildman–Crippen MR) is 99.4 cm³/mol. The zero-order chi connectivity index (χ0) is 19.3. The Morgan fingerprint density at radius 2 is 2.04 bits per heavy atom. The lowest BCUT2D eigenvalue weighted by atomic mass is 10.0. The normalized spacial score (nSPS) is 17.5. The average molecular weight is 364 g/mol. The van der Waals surface area contributed by atoms with Crippen molar-refractivity contribution in [3.8, 4) is 0 Å². The van der Waals surface area contributed by atoms with Gasteiger partial charge < -0.3 is 19.0 Å². The van der Waals surface area contributed by atoms with Gasteiger partial charge in [-0.15, -0.1) is 0 Å². The standard InChI is InChI=1S/C20H32N2O4/c1-15(2)19(24)22(20(3,4)5)14-18(23)21(12-16-8-6-10-25-16)13-17-9-7-11-26-17/h6,8,10,15,17H,7,9,11-14H2,1-5H3/t17-/m1/s1. The van der Waals surface area contributed by atoms with Crippen LogP contribution >= 0.6 is 0 Å². The Morgan fingerprint density at radius 1 is 1.31 bits per heavy atom. The molecule has 0 aliphatic carbocycles. The minimum absolute atomic E-state index is 0.0130. The molecule has 1 atom stereocenters. The number of furan rings is 1. The largest absolute Gasteiger partial charge is 0.467 e. The van der Waals surface area contributed by atoms with Crippen LogP contribution in [0.3, 0.4) is 0 Å². The minimum Gasteiger partial charge on any atom is -0.467 e. The van der Waals surface area contributed by atoms with E-state index in [-0.39, 0.29) is 30.4 Å². The highest BCUT2D eigenvalue weighted by atomic mass is 16.5. The maximum atomic E-state index is 13.1. The number of nitrogens with zero attached hydrogens (tertiary/aromatic N) is 2. The number of carbonyl (C=O) groups is 2. The van der Waals surface area contributed by atoms with Crippen LogP contribution in [-0.4, -0.2) is 53.0 Å². The van der Waals surface area contributed by atoms with E-state index in [1.165, 1.54) is 0 Å². The van der Waals surface area contributed by atoms with E-state index < -0.39 is 5.54 Å². The summed E-state index contributed by atoms with van der Waals surface area (Å²) in [6.07, 6.45) is 3.63. The molecule has 0 saturated carbocycles. The fourth-order valence-corrected chi connectivity index (χ4v) is 3.07. The molecule has 2 amide bonds. The summed E-state index contributed by atoms with van der Waals surface area (Å²) in [6, 6.07) is 3.67. The van der Waals surface area contributed by atoms with Crippen LogP contribution in [0.5, 0.6) is 0 Å². The van der Waals surface area contributed by atoms with Crippen LogP contribution in [0.4, 0.5) is 0 Å². The van der Waals surface area contributed by atoms with Crippen LogP contribution in [0.1, 0.15) is 53.2 Å². The molecule has 0 N–H and O–H groups in total. The third-order valence-electron chi connectivity index (χ3n) is 4.59. The van der Waals surface area contributed by atoms with E-state index in [1.54, 1.807) is 16.1 Å². The molecule has 26 heavy (non-hydrogen) atoms. The van der Waals surface area contributed by atoms with Crippen LogP contribution in [0.25, 0.3) is 0 Å². The molecule has 6 heteroatoms. The molecule has 0 unspecified atom stereocenters. The quantitative estimate of drug-likeness (QED) is 0.746. The number of amides is 2. The van der Waals surface area contributed by atoms with E-state index in [0.717, 1.165) is 25.2 Å². The second-order valence-corrected chi connectivity index (χ2v) is 8.24. The number of ether oxygens (including phenoxy) is 1. The van der Waals surface area contributed by atoms with Crippen molar-refractivity contribution in [2.45, 2.75) is 65.6 Å². The van der Waals surface area contributed by atoms with Crippen LogP contribution in [-0.2, 0) is 20.9 Å². The number of carbonyl (C=O) groups excluding carboxylic acids is 2. The minimum atomic E-state index is -0.419. The molecule has 1 aliphatic heterocycles. The third-order valence-corrected chi connectivity index (χ3v) is 4.59. The first-order valence-corrected chi connectivity index (χ1v) is 9.41. The summed E-state index contributed by atoms with van der Waals surface area (Å²) in [5.74, 6) is 0.481. The van der Waals surface area contributed by atoms with Gasteiger partial charge >= 0.3 is 0 Å². The zero-order valence-electron chi connectivity index (χ0n) is 16.7. The first-order chi connectivity index (χ1) is 12.2. The fourth-order valence-electron chi connectivity index (χ4n) is 3.07. The van der Waals surface area contributed by atoms with Gasteiger partial charge in [0.15, 0.2) is 0 Å². The molecule has 1 aliphatic rings. The molecule has 1 fully saturated rings. The maximum absolute atomic E-state index is 13.1. The topological polar surface area (TPSA) is 63.0 Å². The Balaban J connectivity index is 2.13. The molecule has 0 radical (unpaired) electrons. The van der Waals surface area contributed by atoms with Crippen molar-refractivity contribution >= 4 is 11.8 Å². The molecule has 6 nitrogen and oxygen atoms in total. The summed E-state index contributed by atoms with van der Waals surface area (Å²) in [4.78, 5) is 29.1. The van der Waals surface area contributed by atoms with Crippen molar-refractivity contribution < 1.29 is 18.7 Å². The van der Waals surface area contributed by atoms with Gasteiger partial charge in [-0.3, -0.25) is 9.59 Å². The lowest BCUT2D eigenvalue weighted by Gasteiger charge is -2.38. The van der Waals surface area contributed by atoms with Crippen LogP contribution < -0.4 is 0 Å². The van der Waals surface area contributed by atoms with Crippen LogP contribution in [0.15, 0.2) is 22.8 Å². The summed E-state index contributed by atoms with van der Waals surface area (Å²) in [5.41, 5.74) is -0.419. The van der Waals surface area contributed by atoms with Crippen LogP contribution in [0.2, 0.25) is 0 Å². The summed E-state index contributed by atoms with van der Waals surface area (Å²) >= 11 is 0. The highest BCUT2D eigenvalue weighted by molar-refractivity contribution is 5.86. The van der Waals surface area contributed by atoms with E-state index in [1.807, 2.05) is 46.8 Å². The van der Waals surface area contributed by atoms with Crippen molar-refractivity contribution in [2.24, 2.45) is 5.92 Å². The second-order valence-electron chi connectivity index (χ2n) is 8.24. The monoisotopic (exact) mass is 364 g/mol. The van der Waals surface area contributed by atoms with Crippen molar-refractivity contribution in [1.82, 2.24) is 9.80 Å². The van der Waals surface area contributed by atoms with E-state index in [2.05, 4.69) is 0 Å². The smallest absolute Gasteiger partial charge is 0.242 e. The van der Waals surface area contributed by atoms with Crippen LogP contribution in [0, 0.1) is 5.92 Å². The van der Waals surface area contributed by atoms with E-state index in [9.17, 15) is 9.59 Å². The predicted octanol–water partition coefficient (Wildman–Crippen LogP) is 3.07. The van der Waals surface area contributed by atoms with E-state index >= 15 is 0 Å². The molecule has 2 rings (SSSR count). The van der Waals surface area contributed by atoms with Gasteiger partial charge in [0.2, 0.25) is 11.8 Å². The Labute approximate surface area is 156 Å². The molecule has 146 valence electrons. The fraction of sp³-hybridized carbons (Fsp3) is 0.700. The lowest BCUT2D eigenvalue weighted by molar-refractivity contribution is -0.147. The Kier molecular flexibility index (Phi) is 6.87.